The Morgan fingerprint density at radius 2 is 2.05 bits per heavy atom. The van der Waals surface area contributed by atoms with E-state index >= 15 is 0 Å². The fourth-order valence-electron chi connectivity index (χ4n) is 3.04. The van der Waals surface area contributed by atoms with E-state index in [4.69, 9.17) is 5.73 Å². The Hall–Kier alpha value is -1.95. The molecule has 0 unspecified atom stereocenters. The van der Waals surface area contributed by atoms with Gasteiger partial charge in [-0.1, -0.05) is 6.92 Å². The molecular formula is C16H24N6. The predicted octanol–water partition coefficient (Wildman–Crippen LogP) is 2.20. The molecule has 0 saturated heterocycles. The summed E-state index contributed by atoms with van der Waals surface area (Å²) in [5.41, 5.74) is 7.98. The van der Waals surface area contributed by atoms with Gasteiger partial charge in [-0.05, 0) is 55.8 Å². The third-order valence-corrected chi connectivity index (χ3v) is 4.79. The lowest BCUT2D eigenvalue weighted by molar-refractivity contribution is 0.215. The van der Waals surface area contributed by atoms with Gasteiger partial charge in [-0.2, -0.15) is 5.10 Å². The molecule has 1 saturated carbocycles. The fourth-order valence-corrected chi connectivity index (χ4v) is 3.04. The number of anilines is 1. The number of nitrogens with zero attached hydrogens (tertiary/aromatic N) is 4. The largest absolute Gasteiger partial charge is 0.366 e. The Bertz CT molecular complexity index is 610. The highest BCUT2D eigenvalue weighted by Gasteiger charge is 2.29. The number of hydrogen-bond donors (Lipinski definition) is 2. The molecule has 118 valence electrons. The van der Waals surface area contributed by atoms with Crippen LogP contribution in [0.1, 0.15) is 32.6 Å². The van der Waals surface area contributed by atoms with Crippen LogP contribution >= 0.6 is 0 Å². The number of hydrogen-bond acceptors (Lipinski definition) is 5. The summed E-state index contributed by atoms with van der Waals surface area (Å²) in [5, 5.41) is 16.2. The lowest BCUT2D eigenvalue weighted by Gasteiger charge is -2.36. The van der Waals surface area contributed by atoms with Gasteiger partial charge in [0.15, 0.2) is 0 Å². The average Bonchev–Trinajstić information content (AvgIpc) is 2.97. The number of nitrogens with two attached hydrogens (primary N) is 1. The first-order chi connectivity index (χ1) is 10.6. The molecular weight excluding hydrogens is 276 g/mol. The average molecular weight is 300 g/mol. The van der Waals surface area contributed by atoms with Gasteiger partial charge in [0.1, 0.15) is 11.5 Å². The zero-order chi connectivity index (χ0) is 15.6. The highest BCUT2D eigenvalue weighted by Crippen LogP contribution is 2.35. The van der Waals surface area contributed by atoms with Crippen molar-refractivity contribution in [3.63, 3.8) is 0 Å². The van der Waals surface area contributed by atoms with E-state index in [1.165, 1.54) is 12.8 Å². The SMILES string of the molecule is Cn1nccc1-c1ccc(NC2CCC(C)(CN)CC2)nn1. The minimum absolute atomic E-state index is 0.313. The number of aromatic nitrogens is 4. The predicted molar refractivity (Wildman–Crippen MR) is 87.3 cm³/mol. The molecule has 1 aliphatic carbocycles. The Kier molecular flexibility index (Phi) is 4.11. The van der Waals surface area contributed by atoms with Gasteiger partial charge in [0, 0.05) is 19.3 Å². The van der Waals surface area contributed by atoms with Crippen LogP contribution in [0.15, 0.2) is 24.4 Å². The summed E-state index contributed by atoms with van der Waals surface area (Å²) < 4.78 is 1.80. The van der Waals surface area contributed by atoms with Gasteiger partial charge in [0.25, 0.3) is 0 Å². The lowest BCUT2D eigenvalue weighted by Crippen LogP contribution is -2.36. The standard InChI is InChI=1S/C16H24N6/c1-16(11-17)8-5-12(6-9-16)19-15-4-3-13(20-21-15)14-7-10-18-22(14)2/h3-4,7,10,12H,5-6,8-9,11,17H2,1-2H3,(H,19,21). The fraction of sp³-hybridized carbons (Fsp3) is 0.562. The highest BCUT2D eigenvalue weighted by molar-refractivity contribution is 5.54. The molecule has 0 spiro atoms. The summed E-state index contributed by atoms with van der Waals surface area (Å²) in [6.45, 7) is 3.06. The molecule has 2 aromatic rings. The van der Waals surface area contributed by atoms with Gasteiger partial charge >= 0.3 is 0 Å². The van der Waals surface area contributed by atoms with E-state index in [0.717, 1.165) is 36.6 Å². The maximum atomic E-state index is 5.86. The monoisotopic (exact) mass is 300 g/mol. The number of aryl methyl sites for hydroxylation is 1. The molecule has 2 aromatic heterocycles. The van der Waals surface area contributed by atoms with Crippen LogP contribution in [0.2, 0.25) is 0 Å². The molecule has 0 amide bonds. The van der Waals surface area contributed by atoms with Crippen LogP contribution in [0.3, 0.4) is 0 Å². The summed E-state index contributed by atoms with van der Waals surface area (Å²) in [4.78, 5) is 0. The van der Waals surface area contributed by atoms with Crippen molar-refractivity contribution >= 4 is 5.82 Å². The molecule has 1 fully saturated rings. The maximum Gasteiger partial charge on any atom is 0.148 e. The molecule has 0 aromatic carbocycles. The van der Waals surface area contributed by atoms with Crippen LogP contribution in [-0.4, -0.2) is 32.6 Å². The van der Waals surface area contributed by atoms with Crippen LogP contribution in [0, 0.1) is 5.41 Å². The minimum Gasteiger partial charge on any atom is -0.366 e. The van der Waals surface area contributed by atoms with Gasteiger partial charge in [0.2, 0.25) is 0 Å². The second-order valence-corrected chi connectivity index (χ2v) is 6.58. The zero-order valence-corrected chi connectivity index (χ0v) is 13.3. The molecule has 2 heterocycles. The molecule has 3 N–H and O–H groups in total. The van der Waals surface area contributed by atoms with Crippen LogP contribution in [0.5, 0.6) is 0 Å². The molecule has 1 aliphatic rings. The molecule has 0 bridgehead atoms. The number of nitrogens with one attached hydrogen (secondary N) is 1. The Morgan fingerprint density at radius 3 is 2.59 bits per heavy atom. The highest BCUT2D eigenvalue weighted by atomic mass is 15.3. The third-order valence-electron chi connectivity index (χ3n) is 4.79. The van der Waals surface area contributed by atoms with Gasteiger partial charge in [-0.25, -0.2) is 0 Å². The van der Waals surface area contributed by atoms with Crippen molar-refractivity contribution < 1.29 is 0 Å². The van der Waals surface area contributed by atoms with Crippen molar-refractivity contribution in [1.29, 1.82) is 0 Å². The molecule has 6 nitrogen and oxygen atoms in total. The van der Waals surface area contributed by atoms with Crippen LogP contribution < -0.4 is 11.1 Å². The smallest absolute Gasteiger partial charge is 0.148 e. The van der Waals surface area contributed by atoms with E-state index in [1.54, 1.807) is 10.9 Å². The van der Waals surface area contributed by atoms with Crippen molar-refractivity contribution in [1.82, 2.24) is 20.0 Å². The molecule has 6 heteroatoms. The van der Waals surface area contributed by atoms with Crippen molar-refractivity contribution in [3.8, 4) is 11.4 Å². The van der Waals surface area contributed by atoms with E-state index in [1.807, 2.05) is 25.2 Å². The van der Waals surface area contributed by atoms with E-state index in [2.05, 4.69) is 27.5 Å². The number of rotatable bonds is 4. The minimum atomic E-state index is 0.313. The van der Waals surface area contributed by atoms with Gasteiger partial charge in [0.05, 0.1) is 5.69 Å². The molecule has 3 rings (SSSR count). The molecule has 0 atom stereocenters. The van der Waals surface area contributed by atoms with Gasteiger partial charge < -0.3 is 11.1 Å². The van der Waals surface area contributed by atoms with E-state index < -0.39 is 0 Å². The summed E-state index contributed by atoms with van der Waals surface area (Å²) >= 11 is 0. The van der Waals surface area contributed by atoms with Crippen molar-refractivity contribution in [2.24, 2.45) is 18.2 Å². The van der Waals surface area contributed by atoms with Crippen molar-refractivity contribution in [2.45, 2.75) is 38.6 Å². The van der Waals surface area contributed by atoms with Crippen LogP contribution in [0.4, 0.5) is 5.82 Å². The Labute approximate surface area is 131 Å². The van der Waals surface area contributed by atoms with E-state index in [-0.39, 0.29) is 0 Å². The van der Waals surface area contributed by atoms with Crippen molar-refractivity contribution in [3.05, 3.63) is 24.4 Å². The van der Waals surface area contributed by atoms with E-state index in [0.29, 0.717) is 11.5 Å². The quantitative estimate of drug-likeness (QED) is 0.904. The van der Waals surface area contributed by atoms with Crippen molar-refractivity contribution in [2.75, 3.05) is 11.9 Å². The molecule has 0 aliphatic heterocycles. The van der Waals surface area contributed by atoms with Gasteiger partial charge in [-0.3, -0.25) is 4.68 Å². The molecule has 0 radical (unpaired) electrons. The van der Waals surface area contributed by atoms with Gasteiger partial charge in [-0.15, -0.1) is 10.2 Å². The second kappa shape index (κ2) is 6.04. The Balaban J connectivity index is 1.62. The summed E-state index contributed by atoms with van der Waals surface area (Å²) in [7, 11) is 1.90. The first-order valence-corrected chi connectivity index (χ1v) is 7.88. The third kappa shape index (κ3) is 3.11. The second-order valence-electron chi connectivity index (χ2n) is 6.58. The summed E-state index contributed by atoms with van der Waals surface area (Å²) in [6, 6.07) is 6.38. The lowest BCUT2D eigenvalue weighted by atomic mass is 9.74. The maximum absolute atomic E-state index is 5.86. The Morgan fingerprint density at radius 1 is 1.27 bits per heavy atom. The summed E-state index contributed by atoms with van der Waals surface area (Å²) in [5.74, 6) is 0.840. The first kappa shape index (κ1) is 15.0. The topological polar surface area (TPSA) is 81.7 Å². The summed E-state index contributed by atoms with van der Waals surface area (Å²) in [6.07, 6.45) is 6.38. The first-order valence-electron chi connectivity index (χ1n) is 7.88. The normalized spacial score (nSPS) is 25.1. The zero-order valence-electron chi connectivity index (χ0n) is 13.3. The van der Waals surface area contributed by atoms with E-state index in [9.17, 15) is 0 Å². The van der Waals surface area contributed by atoms with Crippen LogP contribution in [0.25, 0.3) is 11.4 Å². The van der Waals surface area contributed by atoms with Crippen LogP contribution in [-0.2, 0) is 7.05 Å². The molecule has 22 heavy (non-hydrogen) atoms.